The van der Waals surface area contributed by atoms with Crippen LogP contribution in [0.1, 0.15) is 68.5 Å². The summed E-state index contributed by atoms with van der Waals surface area (Å²) >= 11 is 0. The molecule has 8 aromatic rings. The molecule has 2 aromatic carbocycles. The van der Waals surface area contributed by atoms with E-state index in [4.69, 9.17) is 45.5 Å². The fourth-order valence-electron chi connectivity index (χ4n) is 6.21. The second kappa shape index (κ2) is 40.8. The summed E-state index contributed by atoms with van der Waals surface area (Å²) in [5.41, 5.74) is 7.04. The van der Waals surface area contributed by atoms with Crippen LogP contribution in [-0.4, -0.2) is 147 Å². The number of nitrogens with zero attached hydrogens (tertiary/aromatic N) is 9. The number of carbonyl (C=O) groups is 6. The molecule has 0 saturated carbocycles. The number of esters is 1. The molecule has 0 spiro atoms. The number of carbonyl (C=O) groups excluding carboxylic acids is 4. The lowest BCUT2D eigenvalue weighted by molar-refractivity contribution is -0.275. The van der Waals surface area contributed by atoms with Gasteiger partial charge in [0.2, 0.25) is 5.82 Å². The summed E-state index contributed by atoms with van der Waals surface area (Å²) in [6.45, 7) is 0.0384. The third-order valence-corrected chi connectivity index (χ3v) is 10.1. The van der Waals surface area contributed by atoms with E-state index in [1.165, 1.54) is 77.4 Å². The first kappa shape index (κ1) is 76.5. The predicted molar refractivity (Wildman–Crippen MR) is 310 cm³/mol. The van der Waals surface area contributed by atoms with Crippen molar-refractivity contribution in [2.45, 2.75) is 19.3 Å². The van der Waals surface area contributed by atoms with E-state index < -0.39 is 59.5 Å². The molecule has 8 rings (SSSR count). The summed E-state index contributed by atoms with van der Waals surface area (Å²) in [7, 11) is 7.20. The van der Waals surface area contributed by atoms with Gasteiger partial charge >= 0.3 is 30.6 Å². The lowest BCUT2D eigenvalue weighted by Gasteiger charge is -2.12. The largest absolute Gasteiger partial charge is 0.573 e. The van der Waals surface area contributed by atoms with Gasteiger partial charge in [0.1, 0.15) is 46.6 Å². The monoisotopic (exact) mass is 1300 g/mol. The highest BCUT2D eigenvalue weighted by atomic mass is 19.4. The lowest BCUT2D eigenvalue weighted by atomic mass is 10.2. The molecular weight excluding hydrogens is 1250 g/mol. The Bertz CT molecular complexity index is 3700. The SMILES string of the molecule is COC(=O)c1ncccc1OC.COc1cccnc1-c1n[nH]c(CNC(=O)c2ccccn2)n1.COc1cccnc1C(=O)NN.COc1cccnc1C(=O)O.N#CCN.N#CCNC(=O)c1ccccc1OC(F)(F)F.O=C(O)c1ccccc1OC(F)(F)F. The number of amides is 3. The fraction of sp³-hybridized carbons (Fsp3) is 0.175. The van der Waals surface area contributed by atoms with Crippen molar-refractivity contribution in [3.8, 4) is 58.2 Å². The fourth-order valence-corrected chi connectivity index (χ4v) is 6.21. The van der Waals surface area contributed by atoms with Crippen LogP contribution in [0.25, 0.3) is 11.5 Å². The Morgan fingerprint density at radius 2 is 0.989 bits per heavy atom. The normalized spacial score (nSPS) is 9.80. The molecule has 0 aliphatic rings. The average Bonchev–Trinajstić information content (AvgIpc) is 1.92. The van der Waals surface area contributed by atoms with E-state index in [9.17, 15) is 55.1 Å². The van der Waals surface area contributed by atoms with Gasteiger partial charge in [0.25, 0.3) is 17.7 Å². The summed E-state index contributed by atoms with van der Waals surface area (Å²) in [6.07, 6.45) is -2.14. The number of hydrogen-bond donors (Lipinski definition) is 8. The molecular formula is C57H55F6N15O15. The van der Waals surface area contributed by atoms with Crippen molar-refractivity contribution < 1.29 is 98.5 Å². The van der Waals surface area contributed by atoms with Crippen LogP contribution in [0.15, 0.2) is 146 Å². The number of pyridine rings is 5. The predicted octanol–water partition coefficient (Wildman–Crippen LogP) is 6.15. The number of ether oxygens (including phenoxy) is 7. The van der Waals surface area contributed by atoms with Crippen molar-refractivity contribution in [3.05, 3.63) is 186 Å². The maximum Gasteiger partial charge on any atom is 0.573 e. The summed E-state index contributed by atoms with van der Waals surface area (Å²) in [5, 5.41) is 44.5. The Balaban J connectivity index is 0.000000383. The van der Waals surface area contributed by atoms with Crippen LogP contribution >= 0.6 is 0 Å². The van der Waals surface area contributed by atoms with Crippen molar-refractivity contribution in [1.82, 2.24) is 56.2 Å². The highest BCUT2D eigenvalue weighted by Gasteiger charge is 2.34. The number of nitrogens with two attached hydrogens (primary N) is 2. The second-order valence-corrected chi connectivity index (χ2v) is 16.1. The smallest absolute Gasteiger partial charge is 0.494 e. The summed E-state index contributed by atoms with van der Waals surface area (Å²) in [4.78, 5) is 90.0. The molecule has 3 amide bonds. The average molecular weight is 1300 g/mol. The first-order chi connectivity index (χ1) is 44.4. The van der Waals surface area contributed by atoms with Gasteiger partial charge in [0, 0.05) is 31.0 Å². The van der Waals surface area contributed by atoms with Gasteiger partial charge in [-0.15, -0.1) is 26.3 Å². The van der Waals surface area contributed by atoms with E-state index in [0.29, 0.717) is 40.3 Å². The molecule has 30 nitrogen and oxygen atoms in total. The number of methoxy groups -OCH3 is 5. The minimum Gasteiger partial charge on any atom is -0.494 e. The number of hydrogen-bond acceptors (Lipinski definition) is 24. The zero-order valence-electron chi connectivity index (χ0n) is 49.1. The van der Waals surface area contributed by atoms with Crippen LogP contribution in [0.4, 0.5) is 26.3 Å². The number of carboxylic acids is 2. The van der Waals surface area contributed by atoms with E-state index in [0.717, 1.165) is 18.2 Å². The number of nitriles is 2. The van der Waals surface area contributed by atoms with Gasteiger partial charge in [-0.25, -0.2) is 45.1 Å². The second-order valence-electron chi connectivity index (χ2n) is 16.1. The Hall–Kier alpha value is -12.6. The number of halogens is 6. The van der Waals surface area contributed by atoms with Crippen LogP contribution in [0.2, 0.25) is 0 Å². The Morgan fingerprint density at radius 3 is 1.45 bits per heavy atom. The van der Waals surface area contributed by atoms with Crippen molar-refractivity contribution >= 4 is 35.6 Å². The molecule has 6 heterocycles. The number of para-hydroxylation sites is 2. The molecule has 0 saturated heterocycles. The Kier molecular flexibility index (Phi) is 33.6. The van der Waals surface area contributed by atoms with E-state index in [2.05, 4.69) is 70.7 Å². The van der Waals surface area contributed by atoms with Gasteiger partial charge < -0.3 is 59.7 Å². The van der Waals surface area contributed by atoms with E-state index in [1.54, 1.807) is 98.4 Å². The quantitative estimate of drug-likeness (QED) is 0.0134. The molecule has 0 aliphatic carbocycles. The first-order valence-electron chi connectivity index (χ1n) is 25.4. The van der Waals surface area contributed by atoms with Crippen molar-refractivity contribution in [2.75, 3.05) is 48.6 Å². The minimum atomic E-state index is -4.88. The molecule has 0 aliphatic heterocycles. The number of aromatic nitrogens is 8. The van der Waals surface area contributed by atoms with Crippen molar-refractivity contribution in [2.24, 2.45) is 11.6 Å². The standard InChI is InChI=1S/C15H14N6O2.C10H7F3N2O2.C8H5F3O3.C8H9NO3.C7H9N3O2.C7H7NO3.C2H4N2/c1-23-11-6-4-8-17-13(11)14-19-12(20-21-14)9-18-15(22)10-5-2-3-7-16-10;11-10(12,13)17-8-4-2-1-3-7(8)9(16)15-6-5-14;9-8(10,11)14-6-4-2-1-3-5(6)7(12)13;1-11-6-4-3-5-9-7(6)8(10)12-2;1-12-5-3-2-4-9-6(5)7(11)10-8;1-11-5-3-2-4-8-6(5)7(9)10;3-1-2-4/h2-8H,9H2,1H3,(H,18,22)(H,19,20,21);1-4H,6H2,(H,15,16);1-4H,(H,12,13);3-5H,1-2H3;2-4H,8H2,1H3,(H,10,11);2-4H,1H3,(H,9,10);1,3H2. The van der Waals surface area contributed by atoms with Crippen LogP contribution in [0, 0.1) is 22.7 Å². The van der Waals surface area contributed by atoms with Gasteiger partial charge in [-0.05, 0) is 84.9 Å². The molecule has 0 radical (unpaired) electrons. The maximum atomic E-state index is 12.0. The summed E-state index contributed by atoms with van der Waals surface area (Å²) in [5.74, 6) is 1.63. The molecule has 490 valence electrons. The van der Waals surface area contributed by atoms with Gasteiger partial charge in [-0.3, -0.25) is 29.9 Å². The number of alkyl halides is 6. The number of benzene rings is 2. The zero-order chi connectivity index (χ0) is 69.4. The van der Waals surface area contributed by atoms with E-state index in [-0.39, 0.29) is 53.9 Å². The number of hydrazine groups is 1. The highest BCUT2D eigenvalue weighted by Crippen LogP contribution is 2.28. The molecule has 0 bridgehead atoms. The van der Waals surface area contributed by atoms with Crippen LogP contribution in [-0.2, 0) is 11.3 Å². The van der Waals surface area contributed by atoms with Gasteiger partial charge in [0.15, 0.2) is 34.3 Å². The Morgan fingerprint density at radius 1 is 0.538 bits per heavy atom. The topological polar surface area (TPSA) is 449 Å². The maximum absolute atomic E-state index is 12.0. The van der Waals surface area contributed by atoms with Crippen LogP contribution in [0.5, 0.6) is 34.5 Å². The third-order valence-electron chi connectivity index (χ3n) is 10.1. The van der Waals surface area contributed by atoms with Crippen LogP contribution in [0.3, 0.4) is 0 Å². The molecule has 6 aromatic heterocycles. The molecule has 93 heavy (non-hydrogen) atoms. The highest BCUT2D eigenvalue weighted by molar-refractivity contribution is 5.97. The van der Waals surface area contributed by atoms with E-state index in [1.807, 2.05) is 5.43 Å². The minimum absolute atomic E-state index is 0.0602. The number of aromatic carboxylic acids is 2. The molecule has 0 atom stereocenters. The zero-order valence-corrected chi connectivity index (χ0v) is 49.1. The number of aromatic amines is 1. The van der Waals surface area contributed by atoms with Crippen molar-refractivity contribution in [3.63, 3.8) is 0 Å². The van der Waals surface area contributed by atoms with Gasteiger partial charge in [-0.1, -0.05) is 30.3 Å². The van der Waals surface area contributed by atoms with Gasteiger partial charge in [-0.2, -0.15) is 15.6 Å². The summed E-state index contributed by atoms with van der Waals surface area (Å²) < 4.78 is 103. The molecule has 10 N–H and O–H groups in total. The van der Waals surface area contributed by atoms with Crippen molar-refractivity contribution in [1.29, 1.82) is 10.5 Å². The van der Waals surface area contributed by atoms with Gasteiger partial charge in [0.05, 0.1) is 66.3 Å². The number of rotatable bonds is 16. The Labute approximate surface area is 523 Å². The molecule has 36 heteroatoms. The lowest BCUT2D eigenvalue weighted by Crippen LogP contribution is -2.31. The van der Waals surface area contributed by atoms with E-state index >= 15 is 0 Å². The number of nitrogen functional groups attached to an aromatic ring is 1. The third kappa shape index (κ3) is 28.0. The number of H-pyrrole nitrogens is 1. The number of carboxylic acid groups (broad SMARTS) is 2. The summed E-state index contributed by atoms with van der Waals surface area (Å²) in [6, 6.07) is 31.3. The number of nitrogens with one attached hydrogen (secondary N) is 4. The first-order valence-corrected chi connectivity index (χ1v) is 25.4. The van der Waals surface area contributed by atoms with Crippen LogP contribution < -0.4 is 56.1 Å². The molecule has 0 unspecified atom stereocenters. The molecule has 0 fully saturated rings.